The van der Waals surface area contributed by atoms with Crippen molar-refractivity contribution in [1.29, 1.82) is 0 Å². The number of sulfone groups is 1. The van der Waals surface area contributed by atoms with Crippen molar-refractivity contribution in [2.24, 2.45) is 5.73 Å². The van der Waals surface area contributed by atoms with E-state index in [9.17, 15) is 13.2 Å². The van der Waals surface area contributed by atoms with Gasteiger partial charge in [0.25, 0.3) is 0 Å². The molecule has 7 heteroatoms. The van der Waals surface area contributed by atoms with Crippen LogP contribution in [0.25, 0.3) is 0 Å². The molecular formula is C12H17ClN2O3S. The monoisotopic (exact) mass is 304 g/mol. The van der Waals surface area contributed by atoms with Gasteiger partial charge in [0.1, 0.15) is 0 Å². The van der Waals surface area contributed by atoms with Gasteiger partial charge in [0.05, 0.1) is 10.6 Å². The molecule has 1 aromatic rings. The Morgan fingerprint density at radius 2 is 1.95 bits per heavy atom. The molecule has 3 N–H and O–H groups in total. The molecule has 0 bridgehead atoms. The summed E-state index contributed by atoms with van der Waals surface area (Å²) in [5.74, 6) is -0.402. The summed E-state index contributed by atoms with van der Waals surface area (Å²) in [6, 6.07) is 5.68. The molecule has 0 saturated heterocycles. The molecule has 0 fully saturated rings. The minimum absolute atomic E-state index is 0.0660. The summed E-state index contributed by atoms with van der Waals surface area (Å²) in [6.07, 6.45) is 0.182. The summed E-state index contributed by atoms with van der Waals surface area (Å²) < 4.78 is 23.9. The molecule has 1 atom stereocenters. The maximum Gasteiger partial charge on any atom is 0.221 e. The number of nitrogens with one attached hydrogen (secondary N) is 1. The fraction of sp³-hybridized carbons (Fsp3) is 0.417. The molecule has 0 aliphatic rings. The normalized spacial score (nSPS) is 13.0. The van der Waals surface area contributed by atoms with Crippen LogP contribution in [0.5, 0.6) is 0 Å². The highest BCUT2D eigenvalue weighted by atomic mass is 35.5. The Hall–Kier alpha value is -1.11. The van der Waals surface area contributed by atoms with E-state index in [1.54, 1.807) is 6.92 Å². The van der Waals surface area contributed by atoms with Gasteiger partial charge in [-0.3, -0.25) is 4.79 Å². The summed E-state index contributed by atoms with van der Waals surface area (Å²) in [6.45, 7) is 1.78. The van der Waals surface area contributed by atoms with Gasteiger partial charge < -0.3 is 11.1 Å². The van der Waals surface area contributed by atoms with Crippen LogP contribution in [0.15, 0.2) is 29.2 Å². The van der Waals surface area contributed by atoms with Gasteiger partial charge in [0, 0.05) is 24.0 Å². The Morgan fingerprint density at radius 1 is 1.37 bits per heavy atom. The van der Waals surface area contributed by atoms with E-state index in [2.05, 4.69) is 5.32 Å². The first-order chi connectivity index (χ1) is 8.81. The van der Waals surface area contributed by atoms with Crippen LogP contribution in [0.2, 0.25) is 5.02 Å². The van der Waals surface area contributed by atoms with Gasteiger partial charge in [0.15, 0.2) is 9.84 Å². The highest BCUT2D eigenvalue weighted by Crippen LogP contribution is 2.15. The lowest BCUT2D eigenvalue weighted by molar-refractivity contribution is -0.121. The minimum Gasteiger partial charge on any atom is -0.355 e. The average molecular weight is 305 g/mol. The van der Waals surface area contributed by atoms with Gasteiger partial charge in [-0.2, -0.15) is 0 Å². The Kier molecular flexibility index (Phi) is 5.78. The summed E-state index contributed by atoms with van der Waals surface area (Å²) in [5.41, 5.74) is 5.46. The van der Waals surface area contributed by atoms with Crippen molar-refractivity contribution < 1.29 is 13.2 Å². The van der Waals surface area contributed by atoms with Crippen LogP contribution in [-0.4, -0.2) is 32.7 Å². The Morgan fingerprint density at radius 3 is 2.47 bits per heavy atom. The molecule has 19 heavy (non-hydrogen) atoms. The van der Waals surface area contributed by atoms with E-state index in [1.807, 2.05) is 0 Å². The number of halogens is 1. The number of benzene rings is 1. The Bertz CT molecular complexity index is 526. The molecule has 0 aliphatic carbocycles. The summed E-state index contributed by atoms with van der Waals surface area (Å²) >= 11 is 5.69. The molecule has 1 amide bonds. The predicted octanol–water partition coefficient (Wildman–Crippen LogP) is 0.967. The average Bonchev–Trinajstić information content (AvgIpc) is 2.28. The topological polar surface area (TPSA) is 89.3 Å². The maximum absolute atomic E-state index is 11.9. The number of hydrogen-bond acceptors (Lipinski definition) is 4. The van der Waals surface area contributed by atoms with Gasteiger partial charge in [-0.1, -0.05) is 11.6 Å². The van der Waals surface area contributed by atoms with E-state index in [-0.39, 0.29) is 35.6 Å². The van der Waals surface area contributed by atoms with Gasteiger partial charge in [-0.25, -0.2) is 8.42 Å². The van der Waals surface area contributed by atoms with Crippen molar-refractivity contribution in [3.8, 4) is 0 Å². The van der Waals surface area contributed by atoms with Crippen molar-refractivity contribution >= 4 is 27.3 Å². The third-order valence-corrected chi connectivity index (χ3v) is 4.36. The first-order valence-electron chi connectivity index (χ1n) is 5.82. The molecule has 0 saturated carbocycles. The van der Waals surface area contributed by atoms with Crippen LogP contribution < -0.4 is 11.1 Å². The SMILES string of the molecule is CC(N)CC(=O)NCCS(=O)(=O)c1ccc(Cl)cc1. The van der Waals surface area contributed by atoms with E-state index >= 15 is 0 Å². The molecular weight excluding hydrogens is 288 g/mol. The van der Waals surface area contributed by atoms with Gasteiger partial charge in [0.2, 0.25) is 5.91 Å². The van der Waals surface area contributed by atoms with Gasteiger partial charge in [-0.15, -0.1) is 0 Å². The van der Waals surface area contributed by atoms with Crippen LogP contribution in [-0.2, 0) is 14.6 Å². The van der Waals surface area contributed by atoms with E-state index in [4.69, 9.17) is 17.3 Å². The summed E-state index contributed by atoms with van der Waals surface area (Å²) in [5, 5.41) is 3.00. The second kappa shape index (κ2) is 6.88. The number of amides is 1. The van der Waals surface area contributed by atoms with Crippen molar-refractivity contribution in [2.75, 3.05) is 12.3 Å². The molecule has 0 spiro atoms. The summed E-state index contributed by atoms with van der Waals surface area (Å²) in [4.78, 5) is 11.5. The third-order valence-electron chi connectivity index (χ3n) is 2.37. The maximum atomic E-state index is 11.9. The highest BCUT2D eigenvalue weighted by Gasteiger charge is 2.14. The fourth-order valence-corrected chi connectivity index (χ4v) is 2.73. The quantitative estimate of drug-likeness (QED) is 0.819. The molecule has 1 rings (SSSR count). The largest absolute Gasteiger partial charge is 0.355 e. The smallest absolute Gasteiger partial charge is 0.221 e. The van der Waals surface area contributed by atoms with Gasteiger partial charge in [-0.05, 0) is 31.2 Å². The van der Waals surface area contributed by atoms with Crippen LogP contribution in [0.1, 0.15) is 13.3 Å². The number of rotatable bonds is 6. The predicted molar refractivity (Wildman–Crippen MR) is 74.8 cm³/mol. The lowest BCUT2D eigenvalue weighted by Crippen LogP contribution is -2.33. The van der Waals surface area contributed by atoms with Gasteiger partial charge >= 0.3 is 0 Å². The van der Waals surface area contributed by atoms with Crippen LogP contribution in [0.4, 0.5) is 0 Å². The molecule has 1 aromatic carbocycles. The summed E-state index contributed by atoms with van der Waals surface area (Å²) in [7, 11) is -3.41. The third kappa shape index (κ3) is 5.59. The standard InChI is InChI=1S/C12H17ClN2O3S/c1-9(14)8-12(16)15-6-7-19(17,18)11-4-2-10(13)3-5-11/h2-5,9H,6-8,14H2,1H3,(H,15,16). The zero-order chi connectivity index (χ0) is 14.5. The molecule has 0 aliphatic heterocycles. The number of carbonyl (C=O) groups is 1. The first-order valence-corrected chi connectivity index (χ1v) is 7.85. The molecule has 5 nitrogen and oxygen atoms in total. The van der Waals surface area contributed by atoms with Crippen LogP contribution in [0.3, 0.4) is 0 Å². The number of carbonyl (C=O) groups excluding carboxylic acids is 1. The zero-order valence-electron chi connectivity index (χ0n) is 10.6. The molecule has 0 heterocycles. The lowest BCUT2D eigenvalue weighted by Gasteiger charge is -2.08. The lowest BCUT2D eigenvalue weighted by atomic mass is 10.2. The van der Waals surface area contributed by atoms with E-state index in [1.165, 1.54) is 24.3 Å². The first kappa shape index (κ1) is 15.9. The minimum atomic E-state index is -3.41. The Labute approximate surface area is 118 Å². The number of nitrogens with two attached hydrogens (primary N) is 1. The fourth-order valence-electron chi connectivity index (χ4n) is 1.45. The molecule has 0 aromatic heterocycles. The van der Waals surface area contributed by atoms with E-state index in [0.29, 0.717) is 5.02 Å². The Balaban J connectivity index is 2.52. The van der Waals surface area contributed by atoms with E-state index in [0.717, 1.165) is 0 Å². The molecule has 106 valence electrons. The number of hydrogen-bond donors (Lipinski definition) is 2. The molecule has 1 unspecified atom stereocenters. The second-order valence-electron chi connectivity index (χ2n) is 4.30. The van der Waals surface area contributed by atoms with Crippen molar-refractivity contribution in [2.45, 2.75) is 24.3 Å². The van der Waals surface area contributed by atoms with Crippen molar-refractivity contribution in [3.63, 3.8) is 0 Å². The molecule has 0 radical (unpaired) electrons. The second-order valence-corrected chi connectivity index (χ2v) is 6.85. The highest BCUT2D eigenvalue weighted by molar-refractivity contribution is 7.91. The van der Waals surface area contributed by atoms with Crippen LogP contribution in [0, 0.1) is 0 Å². The van der Waals surface area contributed by atoms with Crippen LogP contribution >= 0.6 is 11.6 Å². The van der Waals surface area contributed by atoms with Crippen molar-refractivity contribution in [1.82, 2.24) is 5.32 Å². The van der Waals surface area contributed by atoms with Crippen molar-refractivity contribution in [3.05, 3.63) is 29.3 Å². The van der Waals surface area contributed by atoms with E-state index < -0.39 is 9.84 Å². The zero-order valence-corrected chi connectivity index (χ0v) is 12.2.